The van der Waals surface area contributed by atoms with Crippen LogP contribution in [0.1, 0.15) is 18.4 Å². The molecule has 3 nitrogen and oxygen atoms in total. The number of hydrogen-bond donors (Lipinski definition) is 0. The van der Waals surface area contributed by atoms with Crippen molar-refractivity contribution in [3.63, 3.8) is 0 Å². The lowest BCUT2D eigenvalue weighted by molar-refractivity contribution is 0.594. The molecule has 3 aliphatic heterocycles. The Morgan fingerprint density at radius 1 is 1.00 bits per heavy atom. The summed E-state index contributed by atoms with van der Waals surface area (Å²) in [6, 6.07) is 8.97. The highest BCUT2D eigenvalue weighted by atomic mass is 32.2. The van der Waals surface area contributed by atoms with Crippen molar-refractivity contribution in [1.29, 1.82) is 0 Å². The van der Waals surface area contributed by atoms with Crippen LogP contribution in [0.25, 0.3) is 5.57 Å². The zero-order valence-electron chi connectivity index (χ0n) is 12.0. The first-order valence-corrected chi connectivity index (χ1v) is 8.57. The van der Waals surface area contributed by atoms with Crippen molar-refractivity contribution >= 4 is 29.0 Å². The van der Waals surface area contributed by atoms with E-state index in [4.69, 9.17) is 0 Å². The third kappa shape index (κ3) is 2.48. The average molecular weight is 297 g/mol. The Morgan fingerprint density at radius 3 is 2.62 bits per heavy atom. The van der Waals surface area contributed by atoms with Gasteiger partial charge in [-0.3, -0.25) is 0 Å². The summed E-state index contributed by atoms with van der Waals surface area (Å²) in [5.41, 5.74) is 3.84. The lowest BCUT2D eigenvalue weighted by Crippen LogP contribution is -2.32. The van der Waals surface area contributed by atoms with Crippen LogP contribution >= 0.6 is 11.9 Å². The summed E-state index contributed by atoms with van der Waals surface area (Å²) in [6.45, 7) is 3.44. The number of benzene rings is 1. The van der Waals surface area contributed by atoms with Gasteiger partial charge in [-0.25, -0.2) is 0 Å². The van der Waals surface area contributed by atoms with Gasteiger partial charge in [0.15, 0.2) is 0 Å². The topological polar surface area (TPSA) is 18.8 Å². The lowest BCUT2D eigenvalue weighted by Gasteiger charge is -2.29. The van der Waals surface area contributed by atoms with E-state index in [2.05, 4.69) is 56.8 Å². The normalized spacial score (nSPS) is 21.1. The quantitative estimate of drug-likeness (QED) is 0.778. The van der Waals surface area contributed by atoms with E-state index in [-0.39, 0.29) is 0 Å². The lowest BCUT2D eigenvalue weighted by atomic mass is 10.0. The summed E-state index contributed by atoms with van der Waals surface area (Å²) in [4.78, 5) is 4.72. The first-order valence-electron chi connectivity index (χ1n) is 7.63. The Hall–Kier alpha value is -1.68. The van der Waals surface area contributed by atoms with Gasteiger partial charge in [0.1, 0.15) is 5.84 Å². The van der Waals surface area contributed by atoms with Crippen LogP contribution in [0.5, 0.6) is 0 Å². The van der Waals surface area contributed by atoms with Crippen LogP contribution in [0.4, 0.5) is 5.69 Å². The van der Waals surface area contributed by atoms with Gasteiger partial charge in [-0.15, -0.1) is 0 Å². The van der Waals surface area contributed by atoms with E-state index in [9.17, 15) is 0 Å². The van der Waals surface area contributed by atoms with Crippen molar-refractivity contribution in [2.24, 2.45) is 4.40 Å². The predicted molar refractivity (Wildman–Crippen MR) is 91.6 cm³/mol. The van der Waals surface area contributed by atoms with Gasteiger partial charge < -0.3 is 9.80 Å². The fourth-order valence-electron chi connectivity index (χ4n) is 3.12. The summed E-state index contributed by atoms with van der Waals surface area (Å²) in [5.74, 6) is 2.16. The van der Waals surface area contributed by atoms with Crippen molar-refractivity contribution in [2.75, 3.05) is 30.3 Å². The second kappa shape index (κ2) is 5.60. The molecule has 0 saturated carbocycles. The van der Waals surface area contributed by atoms with Crippen molar-refractivity contribution in [3.8, 4) is 0 Å². The molecule has 1 aromatic rings. The highest BCUT2D eigenvalue weighted by Gasteiger charge is 2.21. The summed E-state index contributed by atoms with van der Waals surface area (Å²) >= 11 is 1.67. The van der Waals surface area contributed by atoms with Crippen LogP contribution in [-0.4, -0.2) is 36.1 Å². The molecule has 1 saturated heterocycles. The predicted octanol–water partition coefficient (Wildman–Crippen LogP) is 3.56. The Morgan fingerprint density at radius 2 is 1.81 bits per heavy atom. The minimum atomic E-state index is 1.04. The molecule has 0 spiro atoms. The minimum absolute atomic E-state index is 1.04. The molecule has 0 amide bonds. The standard InChI is InChI=1S/C17H19N3S/c1-2-10-19(9-1)15-7-5-14(6-8-15)16-4-3-11-20-12-13-21-18-17(16)20/h3-8,11H,1-2,9-10,12-13H2. The number of allylic oxidation sites excluding steroid dienone is 2. The molecule has 108 valence electrons. The summed E-state index contributed by atoms with van der Waals surface area (Å²) in [7, 11) is 0. The maximum atomic E-state index is 4.64. The van der Waals surface area contributed by atoms with E-state index >= 15 is 0 Å². The summed E-state index contributed by atoms with van der Waals surface area (Å²) in [6.07, 6.45) is 9.06. The molecule has 1 aromatic carbocycles. The third-order valence-electron chi connectivity index (χ3n) is 4.27. The molecule has 0 aliphatic carbocycles. The molecular formula is C17H19N3S. The van der Waals surface area contributed by atoms with Crippen molar-refractivity contribution in [2.45, 2.75) is 12.8 Å². The van der Waals surface area contributed by atoms with Crippen LogP contribution < -0.4 is 4.90 Å². The largest absolute Gasteiger partial charge is 0.372 e. The van der Waals surface area contributed by atoms with Gasteiger partial charge >= 0.3 is 0 Å². The van der Waals surface area contributed by atoms with Crippen LogP contribution in [0.3, 0.4) is 0 Å². The highest BCUT2D eigenvalue weighted by Crippen LogP contribution is 2.29. The van der Waals surface area contributed by atoms with Gasteiger partial charge in [-0.05, 0) is 54.6 Å². The SMILES string of the molecule is C1=CN2CCSN=C2C(c2ccc(N3CCCC3)cc2)=C1. The Labute approximate surface area is 130 Å². The van der Waals surface area contributed by atoms with Gasteiger partial charge in [0.25, 0.3) is 0 Å². The number of amidine groups is 1. The fraction of sp³-hybridized carbons (Fsp3) is 0.353. The van der Waals surface area contributed by atoms with Gasteiger partial charge in [0.05, 0.1) is 0 Å². The molecule has 0 atom stereocenters. The van der Waals surface area contributed by atoms with E-state index < -0.39 is 0 Å². The first-order chi connectivity index (χ1) is 10.4. The molecule has 0 radical (unpaired) electrons. The summed E-state index contributed by atoms with van der Waals surface area (Å²) < 4.78 is 4.64. The number of anilines is 1. The second-order valence-corrected chi connectivity index (χ2v) is 6.45. The van der Waals surface area contributed by atoms with Gasteiger partial charge in [-0.2, -0.15) is 4.40 Å². The average Bonchev–Trinajstić information content (AvgIpc) is 3.09. The molecule has 0 N–H and O–H groups in total. The van der Waals surface area contributed by atoms with Crippen molar-refractivity contribution in [1.82, 2.24) is 4.90 Å². The molecule has 0 bridgehead atoms. The maximum absolute atomic E-state index is 4.64. The molecule has 1 fully saturated rings. The number of nitrogens with zero attached hydrogens (tertiary/aromatic N) is 3. The monoisotopic (exact) mass is 297 g/mol. The van der Waals surface area contributed by atoms with E-state index in [0.717, 1.165) is 18.1 Å². The zero-order chi connectivity index (χ0) is 14.1. The zero-order valence-corrected chi connectivity index (χ0v) is 12.9. The van der Waals surface area contributed by atoms with Crippen LogP contribution in [0.2, 0.25) is 0 Å². The number of fused-ring (bicyclic) bond motifs is 1. The van der Waals surface area contributed by atoms with Crippen molar-refractivity contribution < 1.29 is 0 Å². The molecule has 4 rings (SSSR count). The Kier molecular flexibility index (Phi) is 3.47. The highest BCUT2D eigenvalue weighted by molar-refractivity contribution is 7.98. The first kappa shape index (κ1) is 13.0. The van der Waals surface area contributed by atoms with Gasteiger partial charge in [0, 0.05) is 42.8 Å². The van der Waals surface area contributed by atoms with E-state index in [1.807, 2.05) is 0 Å². The van der Waals surface area contributed by atoms with E-state index in [0.29, 0.717) is 0 Å². The minimum Gasteiger partial charge on any atom is -0.372 e. The van der Waals surface area contributed by atoms with Gasteiger partial charge in [-0.1, -0.05) is 12.1 Å². The van der Waals surface area contributed by atoms with E-state index in [1.54, 1.807) is 11.9 Å². The van der Waals surface area contributed by atoms with Crippen LogP contribution in [0, 0.1) is 0 Å². The van der Waals surface area contributed by atoms with E-state index in [1.165, 1.54) is 42.8 Å². The molecule has 0 unspecified atom stereocenters. The summed E-state index contributed by atoms with van der Waals surface area (Å²) in [5, 5.41) is 0. The van der Waals surface area contributed by atoms with Crippen molar-refractivity contribution in [3.05, 3.63) is 48.2 Å². The number of hydrogen-bond acceptors (Lipinski definition) is 4. The molecule has 3 aliphatic rings. The Balaban J connectivity index is 1.62. The number of rotatable bonds is 2. The third-order valence-corrected chi connectivity index (χ3v) is 4.93. The molecule has 21 heavy (non-hydrogen) atoms. The van der Waals surface area contributed by atoms with Crippen LogP contribution in [0.15, 0.2) is 47.0 Å². The smallest absolute Gasteiger partial charge is 0.148 e. The molecular weight excluding hydrogens is 278 g/mol. The molecule has 3 heterocycles. The molecule has 0 aromatic heterocycles. The molecule has 4 heteroatoms. The Bertz CT molecular complexity index is 609. The fourth-order valence-corrected chi connectivity index (χ4v) is 3.82. The van der Waals surface area contributed by atoms with Crippen LogP contribution in [-0.2, 0) is 0 Å². The maximum Gasteiger partial charge on any atom is 0.148 e. The second-order valence-electron chi connectivity index (χ2n) is 5.60. The van der Waals surface area contributed by atoms with Gasteiger partial charge in [0.2, 0.25) is 0 Å².